The highest BCUT2D eigenvalue weighted by atomic mass is 35.5. The summed E-state index contributed by atoms with van der Waals surface area (Å²) < 4.78 is 30.0. The Morgan fingerprint density at radius 3 is 2.61 bits per heavy atom. The lowest BCUT2D eigenvalue weighted by atomic mass is 10.2. The number of benzene rings is 1. The maximum Gasteiger partial charge on any atom is 0.291 e. The summed E-state index contributed by atoms with van der Waals surface area (Å²) in [6, 6.07) is 5.99. The van der Waals surface area contributed by atoms with E-state index in [1.54, 1.807) is 0 Å². The van der Waals surface area contributed by atoms with E-state index in [1.165, 1.54) is 25.2 Å². The van der Waals surface area contributed by atoms with Crippen LogP contribution in [-0.2, 0) is 10.0 Å². The summed E-state index contributed by atoms with van der Waals surface area (Å²) in [4.78, 5) is 22.1. The number of rotatable bonds is 5. The van der Waals surface area contributed by atoms with E-state index in [0.717, 1.165) is 12.1 Å². The minimum absolute atomic E-state index is 0.0756. The van der Waals surface area contributed by atoms with E-state index in [0.29, 0.717) is 0 Å². The number of halogens is 1. The number of amides is 1. The van der Waals surface area contributed by atoms with E-state index in [1.807, 2.05) is 4.72 Å². The van der Waals surface area contributed by atoms with Crippen LogP contribution >= 0.6 is 11.6 Å². The number of nitrogens with one attached hydrogen (secondary N) is 2. The first kappa shape index (κ1) is 16.9. The standard InChI is InChI=1S/C12H10ClN3O6S/c1-14-23(20,21)11-5-4-10(22-11)12(17)15-7-2-3-8(13)9(6-7)16(18)19/h2-6,14H,1H3,(H,15,17). The molecule has 0 atom stereocenters. The molecule has 11 heteroatoms. The lowest BCUT2D eigenvalue weighted by Crippen LogP contribution is -2.18. The highest BCUT2D eigenvalue weighted by Crippen LogP contribution is 2.27. The number of hydrogen-bond donors (Lipinski definition) is 2. The Morgan fingerprint density at radius 2 is 2.00 bits per heavy atom. The highest BCUT2D eigenvalue weighted by molar-refractivity contribution is 7.89. The molecule has 23 heavy (non-hydrogen) atoms. The van der Waals surface area contributed by atoms with E-state index in [4.69, 9.17) is 16.0 Å². The number of anilines is 1. The highest BCUT2D eigenvalue weighted by Gasteiger charge is 2.20. The van der Waals surface area contributed by atoms with Gasteiger partial charge in [-0.15, -0.1) is 0 Å². The Bertz CT molecular complexity index is 877. The molecule has 0 aliphatic heterocycles. The molecule has 0 aliphatic carbocycles. The van der Waals surface area contributed by atoms with Crippen LogP contribution in [0, 0.1) is 10.1 Å². The van der Waals surface area contributed by atoms with Crippen molar-refractivity contribution in [2.24, 2.45) is 0 Å². The number of carbonyl (C=O) groups excluding carboxylic acids is 1. The van der Waals surface area contributed by atoms with E-state index in [9.17, 15) is 23.3 Å². The molecule has 0 spiro atoms. The Kier molecular flexibility index (Phi) is 4.68. The van der Waals surface area contributed by atoms with E-state index < -0.39 is 25.9 Å². The van der Waals surface area contributed by atoms with Gasteiger partial charge in [0, 0.05) is 11.8 Å². The van der Waals surface area contributed by atoms with E-state index >= 15 is 0 Å². The van der Waals surface area contributed by atoms with Crippen molar-refractivity contribution in [1.82, 2.24) is 4.72 Å². The zero-order chi connectivity index (χ0) is 17.2. The van der Waals surface area contributed by atoms with Crippen LogP contribution in [-0.4, -0.2) is 26.3 Å². The minimum Gasteiger partial charge on any atom is -0.438 e. The van der Waals surface area contributed by atoms with Crippen LogP contribution in [0.25, 0.3) is 0 Å². The fourth-order valence-corrected chi connectivity index (χ4v) is 2.44. The maximum atomic E-state index is 12.0. The minimum atomic E-state index is -3.81. The van der Waals surface area contributed by atoms with Gasteiger partial charge in [-0.25, -0.2) is 13.1 Å². The van der Waals surface area contributed by atoms with Crippen LogP contribution < -0.4 is 10.0 Å². The van der Waals surface area contributed by atoms with Crippen molar-refractivity contribution in [3.8, 4) is 0 Å². The molecule has 1 aromatic heterocycles. The van der Waals surface area contributed by atoms with Crippen molar-refractivity contribution in [2.75, 3.05) is 12.4 Å². The topological polar surface area (TPSA) is 132 Å². The van der Waals surface area contributed by atoms with Gasteiger partial charge in [-0.2, -0.15) is 0 Å². The van der Waals surface area contributed by atoms with E-state index in [-0.39, 0.29) is 22.2 Å². The second kappa shape index (κ2) is 6.36. The maximum absolute atomic E-state index is 12.0. The van der Waals surface area contributed by atoms with Crippen molar-refractivity contribution in [3.05, 3.63) is 51.2 Å². The van der Waals surface area contributed by atoms with Crippen molar-refractivity contribution in [3.63, 3.8) is 0 Å². The van der Waals surface area contributed by atoms with Crippen LogP contribution in [0.5, 0.6) is 0 Å². The van der Waals surface area contributed by atoms with Crippen molar-refractivity contribution >= 4 is 38.9 Å². The summed E-state index contributed by atoms with van der Waals surface area (Å²) in [7, 11) is -2.61. The summed E-state index contributed by atoms with van der Waals surface area (Å²) in [6.07, 6.45) is 0. The number of nitro groups is 1. The summed E-state index contributed by atoms with van der Waals surface area (Å²) >= 11 is 5.67. The van der Waals surface area contributed by atoms with Crippen LogP contribution in [0.2, 0.25) is 5.02 Å². The number of furan rings is 1. The molecular weight excluding hydrogens is 350 g/mol. The van der Waals surface area contributed by atoms with Gasteiger partial charge in [-0.3, -0.25) is 14.9 Å². The molecule has 2 aromatic rings. The van der Waals surface area contributed by atoms with E-state index in [2.05, 4.69) is 5.32 Å². The molecule has 122 valence electrons. The predicted octanol–water partition coefficient (Wildman–Crippen LogP) is 2.00. The number of hydrogen-bond acceptors (Lipinski definition) is 6. The predicted molar refractivity (Wildman–Crippen MR) is 81.0 cm³/mol. The number of sulfonamides is 1. The van der Waals surface area contributed by atoms with Crippen molar-refractivity contribution in [1.29, 1.82) is 0 Å². The Morgan fingerprint density at radius 1 is 1.30 bits per heavy atom. The third-order valence-electron chi connectivity index (χ3n) is 2.74. The lowest BCUT2D eigenvalue weighted by Gasteiger charge is -2.04. The molecule has 0 bridgehead atoms. The van der Waals surface area contributed by atoms with Crippen molar-refractivity contribution < 1.29 is 22.6 Å². The van der Waals surface area contributed by atoms with Crippen LogP contribution in [0.3, 0.4) is 0 Å². The molecule has 0 unspecified atom stereocenters. The lowest BCUT2D eigenvalue weighted by molar-refractivity contribution is -0.384. The van der Waals surface area contributed by atoms with Gasteiger partial charge >= 0.3 is 0 Å². The molecule has 0 radical (unpaired) electrons. The zero-order valence-electron chi connectivity index (χ0n) is 11.6. The molecule has 0 saturated carbocycles. The van der Waals surface area contributed by atoms with Crippen LogP contribution in [0.15, 0.2) is 39.8 Å². The number of nitro benzene ring substituents is 1. The molecule has 0 aliphatic rings. The SMILES string of the molecule is CNS(=O)(=O)c1ccc(C(=O)Nc2ccc(Cl)c([N+](=O)[O-])c2)o1. The van der Waals surface area contributed by atoms with Gasteiger partial charge in [0.25, 0.3) is 21.6 Å². The molecule has 0 saturated heterocycles. The molecule has 1 heterocycles. The summed E-state index contributed by atoms with van der Waals surface area (Å²) in [6.45, 7) is 0. The average Bonchev–Trinajstić information content (AvgIpc) is 2.99. The third-order valence-corrected chi connectivity index (χ3v) is 4.35. The Balaban J connectivity index is 2.23. The largest absolute Gasteiger partial charge is 0.438 e. The molecule has 2 rings (SSSR count). The molecular formula is C12H10ClN3O6S. The molecule has 1 amide bonds. The summed E-state index contributed by atoms with van der Waals surface area (Å²) in [5, 5.41) is 12.6. The fourth-order valence-electron chi connectivity index (χ4n) is 1.61. The molecule has 2 N–H and O–H groups in total. The Labute approximate surface area is 135 Å². The molecule has 0 fully saturated rings. The normalized spacial score (nSPS) is 11.2. The average molecular weight is 360 g/mol. The summed E-state index contributed by atoms with van der Waals surface area (Å²) in [5.41, 5.74) is -0.261. The van der Waals surface area contributed by atoms with Gasteiger partial charge in [-0.1, -0.05) is 11.6 Å². The van der Waals surface area contributed by atoms with Gasteiger partial charge in [0.1, 0.15) is 5.02 Å². The van der Waals surface area contributed by atoms with Gasteiger partial charge in [0.2, 0.25) is 5.09 Å². The third kappa shape index (κ3) is 3.67. The molecule has 9 nitrogen and oxygen atoms in total. The zero-order valence-corrected chi connectivity index (χ0v) is 13.1. The van der Waals surface area contributed by atoms with Crippen molar-refractivity contribution in [2.45, 2.75) is 5.09 Å². The quantitative estimate of drug-likeness (QED) is 0.620. The number of nitrogens with zero attached hydrogens (tertiary/aromatic N) is 1. The number of carbonyl (C=O) groups is 1. The smallest absolute Gasteiger partial charge is 0.291 e. The van der Waals surface area contributed by atoms with Gasteiger partial charge in [0.05, 0.1) is 4.92 Å². The van der Waals surface area contributed by atoms with Gasteiger partial charge in [-0.05, 0) is 31.3 Å². The van der Waals surface area contributed by atoms with Gasteiger partial charge in [0.15, 0.2) is 5.76 Å². The fraction of sp³-hybridized carbons (Fsp3) is 0.0833. The Hall–Kier alpha value is -2.43. The summed E-state index contributed by atoms with van der Waals surface area (Å²) in [5.74, 6) is -1.03. The second-order valence-electron chi connectivity index (χ2n) is 4.20. The first-order valence-electron chi connectivity index (χ1n) is 6.03. The first-order valence-corrected chi connectivity index (χ1v) is 7.89. The molecule has 1 aromatic carbocycles. The van der Waals surface area contributed by atoms with Gasteiger partial charge < -0.3 is 9.73 Å². The second-order valence-corrected chi connectivity index (χ2v) is 6.43. The van der Waals surface area contributed by atoms with Crippen LogP contribution in [0.4, 0.5) is 11.4 Å². The van der Waals surface area contributed by atoms with Crippen LogP contribution in [0.1, 0.15) is 10.6 Å². The monoisotopic (exact) mass is 359 g/mol. The first-order chi connectivity index (χ1) is 10.7.